The minimum absolute atomic E-state index is 0.400. The minimum Gasteiger partial charge on any atom is -0.367 e. The number of rotatable bonds is 5. The molecule has 1 aliphatic carbocycles. The summed E-state index contributed by atoms with van der Waals surface area (Å²) in [4.78, 5) is 2.45. The SMILES string of the molecule is CCN(CCn1nnnc1N)C1CC1. The highest BCUT2D eigenvalue weighted by Gasteiger charge is 2.27. The number of tetrazole rings is 1. The Balaban J connectivity index is 1.83. The van der Waals surface area contributed by atoms with Crippen molar-refractivity contribution >= 4 is 5.95 Å². The van der Waals surface area contributed by atoms with E-state index in [0.29, 0.717) is 5.95 Å². The van der Waals surface area contributed by atoms with Crippen LogP contribution in [-0.2, 0) is 6.54 Å². The van der Waals surface area contributed by atoms with Crippen LogP contribution in [0.2, 0.25) is 0 Å². The molecule has 2 rings (SSSR count). The standard InChI is InChI=1S/C8H16N6/c1-2-13(7-3-4-7)5-6-14-8(9)10-11-12-14/h7H,2-6H2,1H3,(H2,9,10,12). The van der Waals surface area contributed by atoms with Gasteiger partial charge in [-0.1, -0.05) is 12.0 Å². The summed E-state index contributed by atoms with van der Waals surface area (Å²) in [6, 6.07) is 0.790. The molecule has 0 amide bonds. The van der Waals surface area contributed by atoms with E-state index >= 15 is 0 Å². The molecule has 0 spiro atoms. The van der Waals surface area contributed by atoms with Crippen molar-refractivity contribution in [2.45, 2.75) is 32.4 Å². The lowest BCUT2D eigenvalue weighted by Crippen LogP contribution is -2.30. The summed E-state index contributed by atoms with van der Waals surface area (Å²) in [6.45, 7) is 5.04. The van der Waals surface area contributed by atoms with Crippen LogP contribution in [0.1, 0.15) is 19.8 Å². The van der Waals surface area contributed by atoms with Gasteiger partial charge in [0.25, 0.3) is 0 Å². The highest BCUT2D eigenvalue weighted by atomic mass is 15.6. The molecule has 0 unspecified atom stereocenters. The van der Waals surface area contributed by atoms with E-state index in [1.54, 1.807) is 4.68 Å². The van der Waals surface area contributed by atoms with Crippen molar-refractivity contribution in [2.24, 2.45) is 0 Å². The molecule has 14 heavy (non-hydrogen) atoms. The molecule has 0 atom stereocenters. The van der Waals surface area contributed by atoms with Crippen LogP contribution in [0.5, 0.6) is 0 Å². The van der Waals surface area contributed by atoms with Gasteiger partial charge in [0.1, 0.15) is 0 Å². The highest BCUT2D eigenvalue weighted by Crippen LogP contribution is 2.26. The molecular formula is C8H16N6. The van der Waals surface area contributed by atoms with E-state index in [1.165, 1.54) is 12.8 Å². The Kier molecular flexibility index (Phi) is 2.62. The molecule has 0 saturated heterocycles. The van der Waals surface area contributed by atoms with Gasteiger partial charge < -0.3 is 5.73 Å². The number of hydrogen-bond acceptors (Lipinski definition) is 5. The Morgan fingerprint density at radius 1 is 1.57 bits per heavy atom. The number of likely N-dealkylation sites (N-methyl/N-ethyl adjacent to an activating group) is 1. The molecule has 1 saturated carbocycles. The lowest BCUT2D eigenvalue weighted by atomic mass is 10.4. The van der Waals surface area contributed by atoms with Crippen LogP contribution in [0.15, 0.2) is 0 Å². The minimum atomic E-state index is 0.400. The van der Waals surface area contributed by atoms with Gasteiger partial charge in [-0.15, -0.1) is 0 Å². The maximum absolute atomic E-state index is 5.57. The number of hydrogen-bond donors (Lipinski definition) is 1. The molecule has 0 aliphatic heterocycles. The van der Waals surface area contributed by atoms with E-state index in [9.17, 15) is 0 Å². The zero-order valence-corrected chi connectivity index (χ0v) is 8.43. The van der Waals surface area contributed by atoms with Gasteiger partial charge in [0.2, 0.25) is 5.95 Å². The molecule has 6 heteroatoms. The summed E-state index contributed by atoms with van der Waals surface area (Å²) in [6.07, 6.45) is 2.66. The molecule has 1 fully saturated rings. The van der Waals surface area contributed by atoms with Gasteiger partial charge >= 0.3 is 0 Å². The first-order valence-corrected chi connectivity index (χ1v) is 5.07. The molecule has 1 heterocycles. The third-order valence-electron chi connectivity index (χ3n) is 2.63. The fourth-order valence-electron chi connectivity index (χ4n) is 1.63. The van der Waals surface area contributed by atoms with E-state index in [-0.39, 0.29) is 0 Å². The van der Waals surface area contributed by atoms with E-state index in [4.69, 9.17) is 5.73 Å². The number of nitrogen functional groups attached to an aromatic ring is 1. The summed E-state index contributed by atoms with van der Waals surface area (Å²) in [5, 5.41) is 11.0. The molecule has 0 aromatic carbocycles. The average Bonchev–Trinajstić information content (AvgIpc) is 2.93. The van der Waals surface area contributed by atoms with Crippen LogP contribution >= 0.6 is 0 Å². The van der Waals surface area contributed by atoms with Crippen molar-refractivity contribution in [3.8, 4) is 0 Å². The van der Waals surface area contributed by atoms with Crippen LogP contribution in [0, 0.1) is 0 Å². The second kappa shape index (κ2) is 3.91. The Labute approximate surface area is 83.1 Å². The second-order valence-corrected chi connectivity index (χ2v) is 3.62. The second-order valence-electron chi connectivity index (χ2n) is 3.62. The van der Waals surface area contributed by atoms with Crippen molar-refractivity contribution in [1.82, 2.24) is 25.1 Å². The molecule has 2 N–H and O–H groups in total. The van der Waals surface area contributed by atoms with Crippen molar-refractivity contribution in [2.75, 3.05) is 18.8 Å². The van der Waals surface area contributed by atoms with Crippen molar-refractivity contribution in [3.63, 3.8) is 0 Å². The first kappa shape index (κ1) is 9.39. The quantitative estimate of drug-likeness (QED) is 0.702. The third kappa shape index (κ3) is 2.01. The number of nitrogens with zero attached hydrogens (tertiary/aromatic N) is 5. The van der Waals surface area contributed by atoms with Crippen LogP contribution in [0.3, 0.4) is 0 Å². The predicted molar refractivity (Wildman–Crippen MR) is 52.5 cm³/mol. The summed E-state index contributed by atoms with van der Waals surface area (Å²) < 4.78 is 1.64. The largest absolute Gasteiger partial charge is 0.367 e. The lowest BCUT2D eigenvalue weighted by molar-refractivity contribution is 0.261. The van der Waals surface area contributed by atoms with E-state index in [0.717, 1.165) is 25.7 Å². The topological polar surface area (TPSA) is 72.9 Å². The summed E-state index contributed by atoms with van der Waals surface area (Å²) in [5.74, 6) is 0.400. The van der Waals surface area contributed by atoms with Crippen LogP contribution < -0.4 is 5.73 Å². The predicted octanol–water partition coefficient (Wildman–Crippen LogP) is -0.260. The zero-order valence-electron chi connectivity index (χ0n) is 8.43. The third-order valence-corrected chi connectivity index (χ3v) is 2.63. The summed E-state index contributed by atoms with van der Waals surface area (Å²) in [5.41, 5.74) is 5.57. The Hall–Kier alpha value is -1.17. The average molecular weight is 196 g/mol. The van der Waals surface area contributed by atoms with Crippen molar-refractivity contribution in [1.29, 1.82) is 0 Å². The number of aromatic nitrogens is 4. The van der Waals surface area contributed by atoms with Gasteiger partial charge in [0.05, 0.1) is 6.54 Å². The molecule has 1 aliphatic rings. The first-order chi connectivity index (χ1) is 6.81. The summed E-state index contributed by atoms with van der Waals surface area (Å²) in [7, 11) is 0. The van der Waals surface area contributed by atoms with Gasteiger partial charge in [0.15, 0.2) is 0 Å². The number of anilines is 1. The lowest BCUT2D eigenvalue weighted by Gasteiger charge is -2.19. The zero-order chi connectivity index (χ0) is 9.97. The van der Waals surface area contributed by atoms with Crippen molar-refractivity contribution < 1.29 is 0 Å². The van der Waals surface area contributed by atoms with Gasteiger partial charge in [0, 0.05) is 12.6 Å². The van der Waals surface area contributed by atoms with Gasteiger partial charge in [-0.05, 0) is 29.8 Å². The first-order valence-electron chi connectivity index (χ1n) is 5.07. The molecule has 1 aromatic heterocycles. The monoisotopic (exact) mass is 196 g/mol. The fourth-order valence-corrected chi connectivity index (χ4v) is 1.63. The Morgan fingerprint density at radius 2 is 2.36 bits per heavy atom. The van der Waals surface area contributed by atoms with Crippen LogP contribution in [0.25, 0.3) is 0 Å². The van der Waals surface area contributed by atoms with E-state index < -0.39 is 0 Å². The Morgan fingerprint density at radius 3 is 2.86 bits per heavy atom. The number of nitrogens with two attached hydrogens (primary N) is 1. The molecule has 78 valence electrons. The smallest absolute Gasteiger partial charge is 0.240 e. The molecule has 0 radical (unpaired) electrons. The van der Waals surface area contributed by atoms with Crippen LogP contribution in [0.4, 0.5) is 5.95 Å². The van der Waals surface area contributed by atoms with E-state index in [1.807, 2.05) is 0 Å². The van der Waals surface area contributed by atoms with Gasteiger partial charge in [-0.25, -0.2) is 4.68 Å². The van der Waals surface area contributed by atoms with Crippen molar-refractivity contribution in [3.05, 3.63) is 0 Å². The molecule has 6 nitrogen and oxygen atoms in total. The van der Waals surface area contributed by atoms with Crippen LogP contribution in [-0.4, -0.2) is 44.2 Å². The highest BCUT2D eigenvalue weighted by molar-refractivity contribution is 5.09. The van der Waals surface area contributed by atoms with E-state index in [2.05, 4.69) is 27.3 Å². The fraction of sp³-hybridized carbons (Fsp3) is 0.875. The maximum atomic E-state index is 5.57. The summed E-state index contributed by atoms with van der Waals surface area (Å²) >= 11 is 0. The molecule has 0 bridgehead atoms. The normalized spacial score (nSPS) is 16.4. The van der Waals surface area contributed by atoms with Gasteiger partial charge in [-0.2, -0.15) is 0 Å². The maximum Gasteiger partial charge on any atom is 0.240 e. The molecular weight excluding hydrogens is 180 g/mol. The Bertz CT molecular complexity index is 292. The van der Waals surface area contributed by atoms with Gasteiger partial charge in [-0.3, -0.25) is 4.90 Å². The molecule has 1 aromatic rings.